The van der Waals surface area contributed by atoms with Crippen LogP contribution < -0.4 is 4.74 Å². The Morgan fingerprint density at radius 1 is 0.673 bits per heavy atom. The minimum absolute atomic E-state index is 0.0275. The number of rotatable bonds is 13. The third kappa shape index (κ3) is 8.45. The van der Waals surface area contributed by atoms with Gasteiger partial charge in [0, 0.05) is 25.1 Å². The second-order valence-electron chi connectivity index (χ2n) is 12.2. The topological polar surface area (TPSA) is 66.8 Å². The summed E-state index contributed by atoms with van der Waals surface area (Å²) in [6.45, 7) is 3.11. The predicted molar refractivity (Wildman–Crippen MR) is 200 cm³/mol. The number of ether oxygens (including phenoxy) is 1. The van der Waals surface area contributed by atoms with Crippen LogP contribution in [0.25, 0.3) is 21.9 Å². The number of nitrogens with zero attached hydrogens (tertiary/aromatic N) is 1. The van der Waals surface area contributed by atoms with E-state index in [1.54, 1.807) is 0 Å². The highest BCUT2D eigenvalue weighted by Gasteiger charge is 2.18. The van der Waals surface area contributed by atoms with E-state index in [2.05, 4.69) is 53.2 Å². The maximum Gasteiger partial charge on any atom is 0.303 e. The molecule has 1 N–H and O–H groups in total. The molecule has 6 heteroatoms. The molecule has 5 nitrogen and oxygen atoms in total. The van der Waals surface area contributed by atoms with Crippen LogP contribution in [0, 0.1) is 0 Å². The van der Waals surface area contributed by atoms with Gasteiger partial charge in [0.2, 0.25) is 0 Å². The molecule has 6 aromatic carbocycles. The number of hydrogen-bond donors (Lipinski definition) is 1. The molecule has 0 bridgehead atoms. The molecule has 0 radical (unpaired) electrons. The number of amides is 1. The molecule has 246 valence electrons. The number of para-hydroxylation sites is 1. The van der Waals surface area contributed by atoms with E-state index in [4.69, 9.17) is 9.84 Å². The molecule has 6 rings (SSSR count). The van der Waals surface area contributed by atoms with Gasteiger partial charge in [0.1, 0.15) is 11.5 Å². The summed E-state index contributed by atoms with van der Waals surface area (Å²) in [7, 11) is 0. The summed E-state index contributed by atoms with van der Waals surface area (Å²) in [5, 5.41) is 11.1. The molecule has 0 saturated carbocycles. The van der Waals surface area contributed by atoms with E-state index < -0.39 is 5.97 Å². The van der Waals surface area contributed by atoms with Crippen molar-refractivity contribution in [2.75, 3.05) is 0 Å². The fourth-order valence-corrected chi connectivity index (χ4v) is 6.61. The number of aliphatic carboxylic acids is 1. The van der Waals surface area contributed by atoms with Crippen LogP contribution in [0.1, 0.15) is 52.4 Å². The van der Waals surface area contributed by atoms with Gasteiger partial charge in [-0.15, -0.1) is 0 Å². The van der Waals surface area contributed by atoms with E-state index >= 15 is 0 Å². The quantitative estimate of drug-likeness (QED) is 0.129. The van der Waals surface area contributed by atoms with Crippen LogP contribution in [-0.2, 0) is 30.7 Å². The van der Waals surface area contributed by atoms with E-state index in [0.717, 1.165) is 55.9 Å². The molecule has 0 unspecified atom stereocenters. The van der Waals surface area contributed by atoms with Gasteiger partial charge in [0.25, 0.3) is 5.91 Å². The molecule has 0 aliphatic rings. The zero-order valence-corrected chi connectivity index (χ0v) is 29.0. The zero-order valence-electron chi connectivity index (χ0n) is 27.4. The van der Waals surface area contributed by atoms with Crippen molar-refractivity contribution in [3.63, 3.8) is 0 Å². The molecule has 0 fully saturated rings. The maximum atomic E-state index is 14.0. The Hall–Kier alpha value is -5.20. The highest BCUT2D eigenvalue weighted by atomic mass is 79.9. The number of benzene rings is 6. The van der Waals surface area contributed by atoms with Crippen molar-refractivity contribution in [3.8, 4) is 22.6 Å². The zero-order chi connectivity index (χ0) is 34.2. The van der Waals surface area contributed by atoms with Crippen molar-refractivity contribution in [2.45, 2.75) is 45.7 Å². The lowest BCUT2D eigenvalue weighted by atomic mass is 10.0. The molecule has 0 spiro atoms. The summed E-state index contributed by atoms with van der Waals surface area (Å²) in [5.41, 5.74) is 7.12. The van der Waals surface area contributed by atoms with Gasteiger partial charge in [-0.25, -0.2) is 0 Å². The number of carboxylic acid groups (broad SMARTS) is 1. The van der Waals surface area contributed by atoms with Crippen LogP contribution in [-0.4, -0.2) is 21.9 Å². The Kier molecular flexibility index (Phi) is 10.9. The van der Waals surface area contributed by atoms with Crippen LogP contribution in [0.3, 0.4) is 0 Å². The van der Waals surface area contributed by atoms with Crippen LogP contribution in [0.4, 0.5) is 0 Å². The van der Waals surface area contributed by atoms with Crippen LogP contribution in [0.5, 0.6) is 11.5 Å². The normalized spacial score (nSPS) is 11.0. The first-order valence-corrected chi connectivity index (χ1v) is 17.4. The fraction of sp³-hybridized carbons (Fsp3) is 0.163. The summed E-state index contributed by atoms with van der Waals surface area (Å²) in [6.07, 6.45) is 2.61. The van der Waals surface area contributed by atoms with Crippen molar-refractivity contribution in [1.29, 1.82) is 0 Å². The maximum absolute atomic E-state index is 14.0. The van der Waals surface area contributed by atoms with Crippen molar-refractivity contribution in [3.05, 3.63) is 166 Å². The van der Waals surface area contributed by atoms with E-state index in [1.165, 1.54) is 5.56 Å². The van der Waals surface area contributed by atoms with E-state index in [-0.39, 0.29) is 12.3 Å². The molecule has 49 heavy (non-hydrogen) atoms. The van der Waals surface area contributed by atoms with Gasteiger partial charge in [0.15, 0.2) is 0 Å². The second-order valence-corrected chi connectivity index (χ2v) is 13.0. The molecule has 0 saturated heterocycles. The van der Waals surface area contributed by atoms with Gasteiger partial charge in [-0.2, -0.15) is 0 Å². The third-order valence-electron chi connectivity index (χ3n) is 8.62. The highest BCUT2D eigenvalue weighted by molar-refractivity contribution is 9.10. The first kappa shape index (κ1) is 33.7. The monoisotopic (exact) mass is 711 g/mol. The summed E-state index contributed by atoms with van der Waals surface area (Å²) >= 11 is 3.75. The average molecular weight is 713 g/mol. The molecule has 0 aliphatic heterocycles. The summed E-state index contributed by atoms with van der Waals surface area (Å²) in [5.74, 6) is 0.404. The number of halogens is 1. The average Bonchev–Trinajstić information content (AvgIpc) is 3.13. The van der Waals surface area contributed by atoms with E-state index in [9.17, 15) is 9.59 Å². The minimum atomic E-state index is -0.844. The number of carboxylic acids is 1. The van der Waals surface area contributed by atoms with Crippen molar-refractivity contribution >= 4 is 38.6 Å². The Morgan fingerprint density at radius 3 is 2.04 bits per heavy atom. The van der Waals surface area contributed by atoms with Gasteiger partial charge >= 0.3 is 5.97 Å². The van der Waals surface area contributed by atoms with E-state index in [0.29, 0.717) is 36.6 Å². The Morgan fingerprint density at radius 2 is 1.33 bits per heavy atom. The smallest absolute Gasteiger partial charge is 0.303 e. The van der Waals surface area contributed by atoms with E-state index in [1.807, 2.05) is 108 Å². The van der Waals surface area contributed by atoms with Crippen LogP contribution >= 0.6 is 15.9 Å². The Balaban J connectivity index is 1.23. The number of carbonyl (C=O) groups excluding carboxylic acids is 1. The highest BCUT2D eigenvalue weighted by Crippen LogP contribution is 2.37. The molecule has 1 amide bonds. The third-order valence-corrected chi connectivity index (χ3v) is 9.44. The lowest BCUT2D eigenvalue weighted by Gasteiger charge is -2.24. The van der Waals surface area contributed by atoms with Crippen molar-refractivity contribution < 1.29 is 19.4 Å². The molecule has 6 aromatic rings. The lowest BCUT2D eigenvalue weighted by molar-refractivity contribution is -0.136. The Labute approximate surface area is 295 Å². The number of aryl methyl sites for hydroxylation is 2. The van der Waals surface area contributed by atoms with Gasteiger partial charge < -0.3 is 14.7 Å². The van der Waals surface area contributed by atoms with Crippen LogP contribution in [0.15, 0.2) is 138 Å². The Bertz CT molecular complexity index is 2060. The summed E-state index contributed by atoms with van der Waals surface area (Å²) in [6, 6.07) is 44.3. The van der Waals surface area contributed by atoms with Gasteiger partial charge in [-0.05, 0) is 103 Å². The van der Waals surface area contributed by atoms with Gasteiger partial charge in [-0.3, -0.25) is 9.59 Å². The number of fused-ring (bicyclic) bond motifs is 1. The number of hydrogen-bond acceptors (Lipinski definition) is 3. The van der Waals surface area contributed by atoms with Gasteiger partial charge in [-0.1, -0.05) is 116 Å². The summed E-state index contributed by atoms with van der Waals surface area (Å²) in [4.78, 5) is 27.1. The van der Waals surface area contributed by atoms with Crippen molar-refractivity contribution in [2.24, 2.45) is 0 Å². The molecular weight excluding hydrogens is 674 g/mol. The molecular formula is C43H38BrNO4. The second kappa shape index (κ2) is 15.8. The molecule has 0 aromatic heterocycles. The molecule has 0 heterocycles. The molecule has 0 atom stereocenters. The predicted octanol–water partition coefficient (Wildman–Crippen LogP) is 10.9. The van der Waals surface area contributed by atoms with Gasteiger partial charge in [0.05, 0.1) is 4.47 Å². The molecule has 0 aliphatic carbocycles. The van der Waals surface area contributed by atoms with Crippen molar-refractivity contribution in [1.82, 2.24) is 4.90 Å². The SMILES string of the molecule is CCCc1ccc(-c2ccc(C(=O)N(Cc3ccccc3)Cc3ccc4c(Br)c(Oc5ccccc5CCC(=O)O)ccc4c3)cc2)cc1. The number of carbonyl (C=O) groups is 2. The first-order chi connectivity index (χ1) is 23.9. The fourth-order valence-electron chi connectivity index (χ4n) is 6.03. The largest absolute Gasteiger partial charge is 0.481 e. The minimum Gasteiger partial charge on any atom is -0.481 e. The lowest BCUT2D eigenvalue weighted by Crippen LogP contribution is -2.30. The van der Waals surface area contributed by atoms with Crippen LogP contribution in [0.2, 0.25) is 0 Å². The standard InChI is InChI=1S/C43H38BrNO4/c1-2-8-30-13-16-33(17-14-30)34-18-20-36(21-19-34)43(48)45(28-31-9-4-3-5-10-31)29-32-15-24-38-37(27-32)22-25-40(42(38)44)49-39-12-7-6-11-35(39)23-26-41(46)47/h3-7,9-22,24-25,27H,2,8,23,26,28-29H2,1H3,(H,46,47). The summed E-state index contributed by atoms with van der Waals surface area (Å²) < 4.78 is 7.09. The first-order valence-electron chi connectivity index (χ1n) is 16.6.